The lowest BCUT2D eigenvalue weighted by atomic mass is 10.2. The summed E-state index contributed by atoms with van der Waals surface area (Å²) in [7, 11) is 0. The molecule has 6 heteroatoms. The van der Waals surface area contributed by atoms with Crippen LogP contribution < -0.4 is 15.8 Å². The number of halogens is 1. The van der Waals surface area contributed by atoms with Gasteiger partial charge in [-0.2, -0.15) is 11.8 Å². The molecule has 0 amide bonds. The highest BCUT2D eigenvalue weighted by Crippen LogP contribution is 2.30. The van der Waals surface area contributed by atoms with Crippen LogP contribution in [0.2, 0.25) is 0 Å². The van der Waals surface area contributed by atoms with Crippen LogP contribution in [0, 0.1) is 5.82 Å². The molecule has 114 valence electrons. The predicted octanol–water partition coefficient (Wildman–Crippen LogP) is 2.72. The number of benzene rings is 1. The van der Waals surface area contributed by atoms with Crippen LogP contribution in [-0.2, 0) is 0 Å². The molecule has 4 nitrogen and oxygen atoms in total. The van der Waals surface area contributed by atoms with Crippen molar-refractivity contribution in [1.29, 1.82) is 0 Å². The number of hydrogen-bond acceptors (Lipinski definition) is 5. The topological polar surface area (TPSA) is 67.5 Å². The fourth-order valence-electron chi connectivity index (χ4n) is 1.81. The lowest BCUT2D eigenvalue weighted by Crippen LogP contribution is -2.31. The van der Waals surface area contributed by atoms with E-state index in [-0.39, 0.29) is 29.8 Å². The quantitative estimate of drug-likeness (QED) is 0.676. The number of ether oxygens (including phenoxy) is 1. The monoisotopic (exact) mass is 302 g/mol. The van der Waals surface area contributed by atoms with Crippen LogP contribution in [0.15, 0.2) is 12.1 Å². The predicted molar refractivity (Wildman–Crippen MR) is 84.0 cm³/mol. The molecule has 0 fully saturated rings. The summed E-state index contributed by atoms with van der Waals surface area (Å²) >= 11 is 1.56. The number of nitrogens with one attached hydrogen (secondary N) is 1. The average Bonchev–Trinajstić information content (AvgIpc) is 2.36. The third kappa shape index (κ3) is 4.45. The number of anilines is 2. The standard InChI is InChI=1S/C14H23FN2O2S/c1-8(2)19-13-6-12(11(16)5-10(13)15)17-9(3)14(7-18)20-4/h5-6,8-9,14,17-18H,7,16H2,1-4H3. The maximum atomic E-state index is 13.7. The van der Waals surface area contributed by atoms with Crippen molar-refractivity contribution < 1.29 is 14.2 Å². The minimum atomic E-state index is -0.474. The van der Waals surface area contributed by atoms with Gasteiger partial charge in [0.15, 0.2) is 11.6 Å². The molecule has 20 heavy (non-hydrogen) atoms. The molecule has 0 aliphatic rings. The number of nitrogen functional groups attached to an aromatic ring is 1. The Hall–Kier alpha value is -1.14. The van der Waals surface area contributed by atoms with Crippen LogP contribution in [0.25, 0.3) is 0 Å². The van der Waals surface area contributed by atoms with E-state index in [1.54, 1.807) is 17.8 Å². The number of nitrogens with two attached hydrogens (primary N) is 1. The lowest BCUT2D eigenvalue weighted by Gasteiger charge is -2.24. The fourth-order valence-corrected chi connectivity index (χ4v) is 2.44. The van der Waals surface area contributed by atoms with Gasteiger partial charge in [-0.15, -0.1) is 0 Å². The van der Waals surface area contributed by atoms with Crippen molar-refractivity contribution in [1.82, 2.24) is 0 Å². The molecule has 0 heterocycles. The van der Waals surface area contributed by atoms with Crippen molar-refractivity contribution >= 4 is 23.1 Å². The number of aliphatic hydroxyl groups excluding tert-OH is 1. The smallest absolute Gasteiger partial charge is 0.167 e. The summed E-state index contributed by atoms with van der Waals surface area (Å²) in [4.78, 5) is 0. The van der Waals surface area contributed by atoms with E-state index in [1.165, 1.54) is 6.07 Å². The first-order valence-corrected chi connectivity index (χ1v) is 7.83. The molecule has 1 rings (SSSR count). The van der Waals surface area contributed by atoms with Crippen LogP contribution in [0.5, 0.6) is 5.75 Å². The van der Waals surface area contributed by atoms with Gasteiger partial charge < -0.3 is 20.9 Å². The van der Waals surface area contributed by atoms with Gasteiger partial charge in [-0.25, -0.2) is 4.39 Å². The van der Waals surface area contributed by atoms with Gasteiger partial charge in [0.05, 0.1) is 24.1 Å². The van der Waals surface area contributed by atoms with Gasteiger partial charge in [0, 0.05) is 23.4 Å². The highest BCUT2D eigenvalue weighted by Gasteiger charge is 2.17. The normalized spacial score (nSPS) is 14.2. The summed E-state index contributed by atoms with van der Waals surface area (Å²) in [6.07, 6.45) is 1.82. The summed E-state index contributed by atoms with van der Waals surface area (Å²) < 4.78 is 19.2. The van der Waals surface area contributed by atoms with Gasteiger partial charge in [0.2, 0.25) is 0 Å². The van der Waals surface area contributed by atoms with Crippen molar-refractivity contribution in [3.05, 3.63) is 17.9 Å². The summed E-state index contributed by atoms with van der Waals surface area (Å²) in [5.74, 6) is -0.299. The van der Waals surface area contributed by atoms with Gasteiger partial charge in [-0.3, -0.25) is 0 Å². The second-order valence-corrected chi connectivity index (χ2v) is 6.00. The van der Waals surface area contributed by atoms with Gasteiger partial charge in [0.25, 0.3) is 0 Å². The van der Waals surface area contributed by atoms with Crippen LogP contribution >= 0.6 is 11.8 Å². The van der Waals surface area contributed by atoms with Crippen LogP contribution in [0.1, 0.15) is 20.8 Å². The number of hydrogen-bond donors (Lipinski definition) is 3. The molecule has 2 atom stereocenters. The molecule has 0 bridgehead atoms. The van der Waals surface area contributed by atoms with Crippen molar-refractivity contribution in [2.75, 3.05) is 23.9 Å². The number of rotatable bonds is 7. The molecule has 2 unspecified atom stereocenters. The Kier molecular flexibility index (Phi) is 6.42. The SMILES string of the molecule is CSC(CO)C(C)Nc1cc(OC(C)C)c(F)cc1N. The molecular weight excluding hydrogens is 279 g/mol. The molecule has 4 N–H and O–H groups in total. The Morgan fingerprint density at radius 1 is 1.40 bits per heavy atom. The first-order valence-electron chi connectivity index (χ1n) is 6.54. The average molecular weight is 302 g/mol. The number of aliphatic hydroxyl groups is 1. The minimum Gasteiger partial charge on any atom is -0.488 e. The van der Waals surface area contributed by atoms with Crippen molar-refractivity contribution in [2.24, 2.45) is 0 Å². The Morgan fingerprint density at radius 2 is 2.05 bits per heavy atom. The zero-order valence-electron chi connectivity index (χ0n) is 12.3. The summed E-state index contributed by atoms with van der Waals surface area (Å²) in [5.41, 5.74) is 6.76. The van der Waals surface area contributed by atoms with E-state index in [9.17, 15) is 9.50 Å². The van der Waals surface area contributed by atoms with E-state index in [0.717, 1.165) is 0 Å². The van der Waals surface area contributed by atoms with E-state index in [4.69, 9.17) is 10.5 Å². The molecule has 0 aliphatic heterocycles. The Morgan fingerprint density at radius 3 is 2.55 bits per heavy atom. The first-order chi connectivity index (χ1) is 9.38. The summed E-state index contributed by atoms with van der Waals surface area (Å²) in [5, 5.41) is 12.5. The van der Waals surface area contributed by atoms with E-state index < -0.39 is 5.82 Å². The van der Waals surface area contributed by atoms with Crippen LogP contribution in [-0.4, -0.2) is 35.4 Å². The number of thioether (sulfide) groups is 1. The Labute approximate surface area is 123 Å². The second-order valence-electron chi connectivity index (χ2n) is 4.93. The maximum Gasteiger partial charge on any atom is 0.167 e. The molecular formula is C14H23FN2O2S. The molecule has 0 aliphatic carbocycles. The van der Waals surface area contributed by atoms with Gasteiger partial charge in [0.1, 0.15) is 0 Å². The molecule has 0 radical (unpaired) electrons. The maximum absolute atomic E-state index is 13.7. The molecule has 0 spiro atoms. The molecule has 0 saturated heterocycles. The van der Waals surface area contributed by atoms with Gasteiger partial charge in [-0.1, -0.05) is 0 Å². The van der Waals surface area contributed by atoms with E-state index >= 15 is 0 Å². The first kappa shape index (κ1) is 16.9. The zero-order chi connectivity index (χ0) is 15.3. The van der Waals surface area contributed by atoms with Gasteiger partial charge >= 0.3 is 0 Å². The Balaban J connectivity index is 2.94. The molecule has 1 aromatic rings. The lowest BCUT2D eigenvalue weighted by molar-refractivity contribution is 0.231. The van der Waals surface area contributed by atoms with Crippen molar-refractivity contribution in [2.45, 2.75) is 38.2 Å². The largest absolute Gasteiger partial charge is 0.488 e. The minimum absolute atomic E-state index is 0.00494. The fraction of sp³-hybridized carbons (Fsp3) is 0.571. The molecule has 1 aromatic carbocycles. The Bertz CT molecular complexity index is 439. The summed E-state index contributed by atoms with van der Waals surface area (Å²) in [6.45, 7) is 5.68. The highest BCUT2D eigenvalue weighted by molar-refractivity contribution is 7.99. The second kappa shape index (κ2) is 7.59. The zero-order valence-corrected chi connectivity index (χ0v) is 13.1. The summed E-state index contributed by atoms with van der Waals surface area (Å²) in [6, 6.07) is 2.81. The van der Waals surface area contributed by atoms with Crippen molar-refractivity contribution in [3.8, 4) is 5.75 Å². The third-order valence-corrected chi connectivity index (χ3v) is 4.05. The molecule has 0 saturated carbocycles. The van der Waals surface area contributed by atoms with Crippen molar-refractivity contribution in [3.63, 3.8) is 0 Å². The van der Waals surface area contributed by atoms with E-state index in [1.807, 2.05) is 27.0 Å². The van der Waals surface area contributed by atoms with Crippen LogP contribution in [0.4, 0.5) is 15.8 Å². The van der Waals surface area contributed by atoms with Crippen LogP contribution in [0.3, 0.4) is 0 Å². The third-order valence-electron chi connectivity index (χ3n) is 2.89. The van der Waals surface area contributed by atoms with Gasteiger partial charge in [-0.05, 0) is 27.0 Å². The van der Waals surface area contributed by atoms with E-state index in [0.29, 0.717) is 11.4 Å². The van der Waals surface area contributed by atoms with E-state index in [2.05, 4.69) is 5.32 Å². The molecule has 0 aromatic heterocycles. The highest BCUT2D eigenvalue weighted by atomic mass is 32.2.